The van der Waals surface area contributed by atoms with Crippen molar-refractivity contribution in [3.05, 3.63) is 54.1 Å². The van der Waals surface area contributed by atoms with Gasteiger partial charge in [-0.15, -0.1) is 0 Å². The van der Waals surface area contributed by atoms with E-state index in [0.717, 1.165) is 49.9 Å². The molecule has 1 aromatic heterocycles. The Morgan fingerprint density at radius 3 is 2.41 bits per heavy atom. The van der Waals surface area contributed by atoms with E-state index in [2.05, 4.69) is 20.9 Å². The average molecular weight is 437 g/mol. The van der Waals surface area contributed by atoms with Gasteiger partial charge in [0.05, 0.1) is 23.0 Å². The van der Waals surface area contributed by atoms with E-state index in [4.69, 9.17) is 0 Å². The molecule has 0 saturated heterocycles. The average Bonchev–Trinajstić information content (AvgIpc) is 3.20. The first-order valence-electron chi connectivity index (χ1n) is 12.2. The lowest BCUT2D eigenvalue weighted by molar-refractivity contribution is -0.130. The third kappa shape index (κ3) is 4.07. The molecule has 0 bridgehead atoms. The van der Waals surface area contributed by atoms with Crippen LogP contribution in [0.1, 0.15) is 69.9 Å². The number of hydrogen-bond donors (Lipinski definition) is 3. The van der Waals surface area contributed by atoms with Gasteiger partial charge < -0.3 is 16.0 Å². The fraction of sp³-hybridized carbons (Fsp3) is 0.538. The van der Waals surface area contributed by atoms with E-state index in [1.807, 2.05) is 18.2 Å². The van der Waals surface area contributed by atoms with Crippen LogP contribution in [0.15, 0.2) is 42.6 Å². The Morgan fingerprint density at radius 2 is 1.69 bits per heavy atom. The lowest BCUT2D eigenvalue weighted by Gasteiger charge is -2.43. The number of anilines is 2. The second-order valence-electron chi connectivity index (χ2n) is 9.68. The van der Waals surface area contributed by atoms with Gasteiger partial charge in [0, 0.05) is 12.2 Å². The molecule has 3 aliphatic rings. The predicted octanol–water partition coefficient (Wildman–Crippen LogP) is 5.56. The summed E-state index contributed by atoms with van der Waals surface area (Å²) in [6, 6.07) is 10.8. The zero-order chi connectivity index (χ0) is 22.0. The zero-order valence-corrected chi connectivity index (χ0v) is 18.6. The summed E-state index contributed by atoms with van der Waals surface area (Å²) < 4.78 is 14.1. The molecule has 0 radical (unpaired) electrons. The Kier molecular flexibility index (Phi) is 6.03. The van der Waals surface area contributed by atoms with E-state index in [1.54, 1.807) is 12.3 Å². The van der Waals surface area contributed by atoms with E-state index in [9.17, 15) is 9.18 Å². The van der Waals surface area contributed by atoms with Crippen molar-refractivity contribution in [2.75, 3.05) is 10.6 Å². The van der Waals surface area contributed by atoms with Crippen molar-refractivity contribution in [1.82, 2.24) is 10.3 Å². The maximum Gasteiger partial charge on any atom is 0.228 e. The second-order valence-corrected chi connectivity index (χ2v) is 9.68. The molecule has 170 valence electrons. The third-order valence-electron chi connectivity index (χ3n) is 7.54. The normalized spacial score (nSPS) is 24.8. The van der Waals surface area contributed by atoms with Gasteiger partial charge in [-0.25, -0.2) is 4.39 Å². The van der Waals surface area contributed by atoms with Gasteiger partial charge in [0.2, 0.25) is 5.91 Å². The third-order valence-corrected chi connectivity index (χ3v) is 7.54. The molecule has 2 aliphatic carbocycles. The first-order chi connectivity index (χ1) is 15.7. The molecule has 1 aromatic carbocycles. The number of pyridine rings is 1. The number of rotatable bonds is 5. The number of benzene rings is 1. The SMILES string of the molecule is O=C(NC1CCCCC1)C(C1CCCCC1)C1(c2ccccn2)Nc2ccc(F)cc2N1. The maximum atomic E-state index is 14.1. The first-order valence-corrected chi connectivity index (χ1v) is 12.2. The molecule has 2 fully saturated rings. The molecule has 1 aliphatic heterocycles. The molecule has 2 unspecified atom stereocenters. The lowest BCUT2D eigenvalue weighted by Crippen LogP contribution is -2.57. The van der Waals surface area contributed by atoms with Crippen LogP contribution in [0.4, 0.5) is 15.8 Å². The Morgan fingerprint density at radius 1 is 0.969 bits per heavy atom. The molecule has 2 heterocycles. The zero-order valence-electron chi connectivity index (χ0n) is 18.6. The fourth-order valence-electron chi connectivity index (χ4n) is 5.99. The molecule has 6 heteroatoms. The van der Waals surface area contributed by atoms with Crippen LogP contribution in [0.2, 0.25) is 0 Å². The first kappa shape index (κ1) is 21.2. The smallest absolute Gasteiger partial charge is 0.228 e. The van der Waals surface area contributed by atoms with Crippen molar-refractivity contribution in [3.63, 3.8) is 0 Å². The molecule has 1 amide bonds. The second kappa shape index (κ2) is 9.08. The highest BCUT2D eigenvalue weighted by atomic mass is 19.1. The Hall–Kier alpha value is -2.63. The van der Waals surface area contributed by atoms with E-state index < -0.39 is 5.66 Å². The summed E-state index contributed by atoms with van der Waals surface area (Å²) in [4.78, 5) is 18.7. The number of amides is 1. The van der Waals surface area contributed by atoms with Crippen LogP contribution >= 0.6 is 0 Å². The van der Waals surface area contributed by atoms with E-state index in [-0.39, 0.29) is 29.6 Å². The number of halogens is 1. The molecule has 2 saturated carbocycles. The molecule has 32 heavy (non-hydrogen) atoms. The van der Waals surface area contributed by atoms with Gasteiger partial charge in [-0.05, 0) is 61.9 Å². The van der Waals surface area contributed by atoms with E-state index >= 15 is 0 Å². The number of nitrogens with one attached hydrogen (secondary N) is 3. The van der Waals surface area contributed by atoms with Gasteiger partial charge in [0.1, 0.15) is 5.82 Å². The van der Waals surface area contributed by atoms with Crippen molar-refractivity contribution >= 4 is 17.3 Å². The van der Waals surface area contributed by atoms with Gasteiger partial charge in [-0.3, -0.25) is 9.78 Å². The highest BCUT2D eigenvalue weighted by Crippen LogP contribution is 2.48. The Bertz CT molecular complexity index is 940. The van der Waals surface area contributed by atoms with E-state index in [0.29, 0.717) is 5.69 Å². The summed E-state index contributed by atoms with van der Waals surface area (Å²) in [6.45, 7) is 0. The number of fused-ring (bicyclic) bond motifs is 1. The molecule has 3 N–H and O–H groups in total. The lowest BCUT2D eigenvalue weighted by atomic mass is 9.72. The van der Waals surface area contributed by atoms with Crippen LogP contribution < -0.4 is 16.0 Å². The molecule has 5 nitrogen and oxygen atoms in total. The minimum Gasteiger partial charge on any atom is -0.355 e. The van der Waals surface area contributed by atoms with Crippen molar-refractivity contribution in [1.29, 1.82) is 0 Å². The highest BCUT2D eigenvalue weighted by Gasteiger charge is 2.53. The van der Waals surface area contributed by atoms with Crippen molar-refractivity contribution < 1.29 is 9.18 Å². The van der Waals surface area contributed by atoms with Gasteiger partial charge in [0.15, 0.2) is 5.66 Å². The Labute approximate surface area is 189 Å². The predicted molar refractivity (Wildman–Crippen MR) is 125 cm³/mol. The number of carbonyl (C=O) groups is 1. The largest absolute Gasteiger partial charge is 0.355 e. The fourth-order valence-corrected chi connectivity index (χ4v) is 5.99. The number of hydrogen-bond acceptors (Lipinski definition) is 4. The molecule has 5 rings (SSSR count). The minimum atomic E-state index is -0.905. The van der Waals surface area contributed by atoms with Gasteiger partial charge in [0.25, 0.3) is 0 Å². The molecule has 2 atom stereocenters. The van der Waals surface area contributed by atoms with Crippen LogP contribution in [-0.4, -0.2) is 16.9 Å². The van der Waals surface area contributed by atoms with E-state index in [1.165, 1.54) is 37.8 Å². The van der Waals surface area contributed by atoms with Crippen molar-refractivity contribution in [2.45, 2.75) is 75.9 Å². The summed E-state index contributed by atoms with van der Waals surface area (Å²) in [5.74, 6) is -0.331. The minimum absolute atomic E-state index is 0.0859. The summed E-state index contributed by atoms with van der Waals surface area (Å²) >= 11 is 0. The quantitative estimate of drug-likeness (QED) is 0.574. The standard InChI is InChI=1S/C26H33FN4O/c27-19-14-15-21-22(17-19)31-26(30-21,23-13-7-8-16-28-23)24(18-9-3-1-4-10-18)25(32)29-20-11-5-2-6-12-20/h7-8,13-18,20,24,30-31H,1-6,9-12H2,(H,29,32). The van der Waals surface area contributed by atoms with Gasteiger partial charge in [-0.1, -0.05) is 44.6 Å². The van der Waals surface area contributed by atoms with Crippen LogP contribution in [-0.2, 0) is 10.5 Å². The molecular weight excluding hydrogens is 403 g/mol. The van der Waals surface area contributed by atoms with Crippen LogP contribution in [0.25, 0.3) is 0 Å². The number of carbonyl (C=O) groups excluding carboxylic acids is 1. The topological polar surface area (TPSA) is 66.0 Å². The maximum absolute atomic E-state index is 14.1. The summed E-state index contributed by atoms with van der Waals surface area (Å²) in [6.07, 6.45) is 13.0. The molecular formula is C26H33FN4O. The highest BCUT2D eigenvalue weighted by molar-refractivity contribution is 5.86. The summed E-state index contributed by atoms with van der Waals surface area (Å²) in [7, 11) is 0. The van der Waals surface area contributed by atoms with Gasteiger partial charge >= 0.3 is 0 Å². The van der Waals surface area contributed by atoms with Crippen molar-refractivity contribution in [2.24, 2.45) is 11.8 Å². The van der Waals surface area contributed by atoms with Gasteiger partial charge in [-0.2, -0.15) is 0 Å². The number of nitrogens with zero attached hydrogens (tertiary/aromatic N) is 1. The summed E-state index contributed by atoms with van der Waals surface area (Å²) in [5, 5.41) is 10.6. The van der Waals surface area contributed by atoms with Crippen LogP contribution in [0.3, 0.4) is 0 Å². The Balaban J connectivity index is 1.55. The monoisotopic (exact) mass is 436 g/mol. The summed E-state index contributed by atoms with van der Waals surface area (Å²) in [5.41, 5.74) is 1.36. The number of aromatic nitrogens is 1. The van der Waals surface area contributed by atoms with Crippen LogP contribution in [0.5, 0.6) is 0 Å². The molecule has 2 aromatic rings. The van der Waals surface area contributed by atoms with Crippen molar-refractivity contribution in [3.8, 4) is 0 Å². The van der Waals surface area contributed by atoms with Crippen LogP contribution in [0, 0.1) is 17.7 Å². The molecule has 0 spiro atoms.